The summed E-state index contributed by atoms with van der Waals surface area (Å²) >= 11 is 1.69. The Morgan fingerprint density at radius 1 is 0.500 bits per heavy atom. The number of furan rings is 1. The molecule has 8 rings (SSSR count). The van der Waals surface area contributed by atoms with Crippen LogP contribution in [0.15, 0.2) is 132 Å². The Balaban J connectivity index is 1.25. The number of hydrogen-bond acceptors (Lipinski definition) is 5. The van der Waals surface area contributed by atoms with Gasteiger partial charge in [-0.05, 0) is 106 Å². The molecule has 4 nitrogen and oxygen atoms in total. The molecule has 44 heavy (non-hydrogen) atoms. The van der Waals surface area contributed by atoms with E-state index in [1.807, 2.05) is 48.5 Å². The Labute approximate surface area is 257 Å². The van der Waals surface area contributed by atoms with Crippen LogP contribution >= 0.6 is 11.3 Å². The molecule has 5 heteroatoms. The minimum absolute atomic E-state index is 0.579. The lowest BCUT2D eigenvalue weighted by Gasteiger charge is -2.11. The minimum atomic E-state index is 0.579. The SMILES string of the molecule is N#Cc1ccc(-c2ccc(-c3cc(-c4ccc5c(c4)oc4cc(C#N)ccc45)cc(-c4nc5ccccc5s4)c3)cc2)cc1. The Hall–Kier alpha value is -6.01. The third-order valence-corrected chi connectivity index (χ3v) is 9.06. The molecule has 8 aromatic rings. The first kappa shape index (κ1) is 25.7. The second-order valence-corrected chi connectivity index (χ2v) is 11.7. The lowest BCUT2D eigenvalue weighted by molar-refractivity contribution is 0.669. The number of hydrogen-bond donors (Lipinski definition) is 0. The van der Waals surface area contributed by atoms with Crippen LogP contribution in [0.5, 0.6) is 0 Å². The first-order valence-electron chi connectivity index (χ1n) is 14.1. The van der Waals surface area contributed by atoms with E-state index in [0.29, 0.717) is 16.7 Å². The molecule has 2 aromatic heterocycles. The smallest absolute Gasteiger partial charge is 0.136 e. The molecule has 0 bridgehead atoms. The van der Waals surface area contributed by atoms with Crippen molar-refractivity contribution in [2.24, 2.45) is 0 Å². The summed E-state index contributed by atoms with van der Waals surface area (Å²) in [5, 5.41) is 21.5. The van der Waals surface area contributed by atoms with E-state index >= 15 is 0 Å². The lowest BCUT2D eigenvalue weighted by Crippen LogP contribution is -1.86. The molecular formula is C39H21N3OS. The fourth-order valence-electron chi connectivity index (χ4n) is 5.70. The van der Waals surface area contributed by atoms with E-state index in [4.69, 9.17) is 14.7 Å². The summed E-state index contributed by atoms with van der Waals surface area (Å²) in [6.45, 7) is 0. The molecule has 204 valence electrons. The summed E-state index contributed by atoms with van der Waals surface area (Å²) in [4.78, 5) is 4.97. The van der Waals surface area contributed by atoms with Gasteiger partial charge in [0.05, 0.1) is 33.5 Å². The van der Waals surface area contributed by atoms with Gasteiger partial charge in [-0.25, -0.2) is 4.98 Å². The van der Waals surface area contributed by atoms with Crippen molar-refractivity contribution >= 4 is 43.5 Å². The number of fused-ring (bicyclic) bond motifs is 4. The summed E-state index contributed by atoms with van der Waals surface area (Å²) in [6.07, 6.45) is 0. The quantitative estimate of drug-likeness (QED) is 0.208. The molecule has 0 saturated carbocycles. The van der Waals surface area contributed by atoms with Crippen molar-refractivity contribution in [3.8, 4) is 56.1 Å². The molecule has 0 fully saturated rings. The van der Waals surface area contributed by atoms with Crippen LogP contribution in [0.2, 0.25) is 0 Å². The molecule has 0 saturated heterocycles. The molecule has 0 N–H and O–H groups in total. The molecule has 0 amide bonds. The molecular weight excluding hydrogens is 559 g/mol. The molecule has 0 aliphatic heterocycles. The number of para-hydroxylation sites is 1. The highest BCUT2D eigenvalue weighted by Gasteiger charge is 2.14. The number of rotatable bonds is 4. The van der Waals surface area contributed by atoms with E-state index in [-0.39, 0.29) is 0 Å². The zero-order valence-corrected chi connectivity index (χ0v) is 24.1. The molecule has 0 aliphatic rings. The van der Waals surface area contributed by atoms with Crippen LogP contribution in [-0.2, 0) is 0 Å². The van der Waals surface area contributed by atoms with Gasteiger partial charge in [0.15, 0.2) is 0 Å². The summed E-state index contributed by atoms with van der Waals surface area (Å²) in [6, 6.07) is 47.3. The monoisotopic (exact) mass is 579 g/mol. The molecule has 0 unspecified atom stereocenters. The maximum Gasteiger partial charge on any atom is 0.136 e. The Bertz CT molecular complexity index is 2420. The summed E-state index contributed by atoms with van der Waals surface area (Å²) < 4.78 is 7.37. The standard InChI is InChI=1S/C39H21N3OS/c40-22-24-5-8-26(9-6-24)27-10-12-28(13-11-27)30-18-31(20-32(19-30)39-42-35-3-1-2-4-38(35)44-39)29-14-16-34-33-15-7-25(23-41)17-36(33)43-37(34)21-29/h1-21H. The van der Waals surface area contributed by atoms with E-state index in [9.17, 15) is 5.26 Å². The van der Waals surface area contributed by atoms with Crippen molar-refractivity contribution in [1.82, 2.24) is 4.98 Å². The van der Waals surface area contributed by atoms with E-state index < -0.39 is 0 Å². The fourth-order valence-corrected chi connectivity index (χ4v) is 6.65. The van der Waals surface area contributed by atoms with Crippen LogP contribution in [0.3, 0.4) is 0 Å². The van der Waals surface area contributed by atoms with Crippen molar-refractivity contribution in [1.29, 1.82) is 10.5 Å². The Kier molecular flexibility index (Phi) is 6.05. The summed E-state index contributed by atoms with van der Waals surface area (Å²) in [5.41, 5.74) is 11.2. The van der Waals surface area contributed by atoms with Gasteiger partial charge in [0.1, 0.15) is 16.2 Å². The topological polar surface area (TPSA) is 73.6 Å². The number of benzene rings is 6. The van der Waals surface area contributed by atoms with Gasteiger partial charge in [-0.3, -0.25) is 0 Å². The number of nitriles is 2. The van der Waals surface area contributed by atoms with Crippen molar-refractivity contribution in [3.05, 3.63) is 139 Å². The number of aromatic nitrogens is 1. The molecule has 2 heterocycles. The van der Waals surface area contributed by atoms with Gasteiger partial charge in [-0.1, -0.05) is 54.6 Å². The minimum Gasteiger partial charge on any atom is -0.456 e. The van der Waals surface area contributed by atoms with Gasteiger partial charge < -0.3 is 4.42 Å². The Morgan fingerprint density at radius 2 is 1.05 bits per heavy atom. The van der Waals surface area contributed by atoms with Gasteiger partial charge in [-0.2, -0.15) is 10.5 Å². The average molecular weight is 580 g/mol. The first-order valence-corrected chi connectivity index (χ1v) is 15.0. The van der Waals surface area contributed by atoms with Crippen molar-refractivity contribution in [2.75, 3.05) is 0 Å². The highest BCUT2D eigenvalue weighted by Crippen LogP contribution is 2.38. The summed E-state index contributed by atoms with van der Waals surface area (Å²) in [7, 11) is 0. The average Bonchev–Trinajstić information content (AvgIpc) is 3.69. The fraction of sp³-hybridized carbons (Fsp3) is 0. The molecule has 0 atom stereocenters. The summed E-state index contributed by atoms with van der Waals surface area (Å²) in [5.74, 6) is 0. The van der Waals surface area contributed by atoms with E-state index in [1.54, 1.807) is 17.4 Å². The van der Waals surface area contributed by atoms with Crippen LogP contribution in [0.1, 0.15) is 11.1 Å². The first-order chi connectivity index (χ1) is 21.6. The Morgan fingerprint density at radius 3 is 1.75 bits per heavy atom. The molecule has 0 radical (unpaired) electrons. The predicted octanol–water partition coefficient (Wildman–Crippen LogP) is 10.6. The van der Waals surface area contributed by atoms with Crippen molar-refractivity contribution in [3.63, 3.8) is 0 Å². The third-order valence-electron chi connectivity index (χ3n) is 7.98. The van der Waals surface area contributed by atoms with Gasteiger partial charge >= 0.3 is 0 Å². The highest BCUT2D eigenvalue weighted by atomic mass is 32.1. The van der Waals surface area contributed by atoms with Gasteiger partial charge in [0.2, 0.25) is 0 Å². The molecule has 6 aromatic carbocycles. The second kappa shape index (κ2) is 10.4. The maximum atomic E-state index is 9.34. The van der Waals surface area contributed by atoms with Crippen molar-refractivity contribution in [2.45, 2.75) is 0 Å². The number of nitrogens with zero attached hydrogens (tertiary/aromatic N) is 3. The van der Waals surface area contributed by atoms with E-state index in [0.717, 1.165) is 70.5 Å². The maximum absolute atomic E-state index is 9.34. The zero-order valence-electron chi connectivity index (χ0n) is 23.3. The van der Waals surface area contributed by atoms with Gasteiger partial charge in [0, 0.05) is 16.3 Å². The van der Waals surface area contributed by atoms with Gasteiger partial charge in [-0.15, -0.1) is 11.3 Å². The van der Waals surface area contributed by atoms with Crippen LogP contribution in [0.4, 0.5) is 0 Å². The normalized spacial score (nSPS) is 11.1. The molecule has 0 aliphatic carbocycles. The third kappa shape index (κ3) is 4.50. The van der Waals surface area contributed by atoms with Crippen molar-refractivity contribution < 1.29 is 4.42 Å². The predicted molar refractivity (Wildman–Crippen MR) is 178 cm³/mol. The second-order valence-electron chi connectivity index (χ2n) is 10.7. The van der Waals surface area contributed by atoms with Crippen LogP contribution < -0.4 is 0 Å². The largest absolute Gasteiger partial charge is 0.456 e. The van der Waals surface area contributed by atoms with Crippen LogP contribution in [0, 0.1) is 22.7 Å². The van der Waals surface area contributed by atoms with E-state index in [1.165, 1.54) is 0 Å². The van der Waals surface area contributed by atoms with E-state index in [2.05, 4.69) is 84.9 Å². The highest BCUT2D eigenvalue weighted by molar-refractivity contribution is 7.21. The van der Waals surface area contributed by atoms with Crippen LogP contribution in [-0.4, -0.2) is 4.98 Å². The lowest BCUT2D eigenvalue weighted by atomic mass is 9.94. The molecule has 0 spiro atoms. The van der Waals surface area contributed by atoms with Gasteiger partial charge in [0.25, 0.3) is 0 Å². The zero-order chi connectivity index (χ0) is 29.6. The van der Waals surface area contributed by atoms with Crippen LogP contribution in [0.25, 0.3) is 76.1 Å². The number of thiazole rings is 1.